The van der Waals surface area contributed by atoms with Gasteiger partial charge in [0.2, 0.25) is 0 Å². The molecule has 3 N–H and O–H groups in total. The first-order valence-electron chi connectivity index (χ1n) is 6.63. The van der Waals surface area contributed by atoms with Gasteiger partial charge in [0.05, 0.1) is 11.4 Å². The van der Waals surface area contributed by atoms with Crippen molar-refractivity contribution in [2.45, 2.75) is 13.8 Å². The lowest BCUT2D eigenvalue weighted by Gasteiger charge is -2.09. The summed E-state index contributed by atoms with van der Waals surface area (Å²) in [6, 6.07) is 11.5. The summed E-state index contributed by atoms with van der Waals surface area (Å²) in [5.41, 5.74) is 5.09. The van der Waals surface area contributed by atoms with Crippen LogP contribution in [0.4, 0.5) is 10.1 Å². The summed E-state index contributed by atoms with van der Waals surface area (Å²) in [6.45, 7) is 3.67. The summed E-state index contributed by atoms with van der Waals surface area (Å²) in [4.78, 5) is 0. The Morgan fingerprint density at radius 3 is 2.68 bits per heavy atom. The maximum atomic E-state index is 13.5. The molecule has 2 aromatic carbocycles. The minimum atomic E-state index is -0.399. The van der Waals surface area contributed by atoms with Crippen molar-refractivity contribution in [2.24, 2.45) is 5.10 Å². The van der Waals surface area contributed by atoms with Crippen LogP contribution in [-0.4, -0.2) is 15.9 Å². The average Bonchev–Trinajstić information content (AvgIpc) is 2.49. The van der Waals surface area contributed by atoms with Gasteiger partial charge in [-0.1, -0.05) is 23.8 Å². The van der Waals surface area contributed by atoms with Gasteiger partial charge in [-0.25, -0.2) is 4.39 Å². The highest BCUT2D eigenvalue weighted by molar-refractivity contribution is 7.80. The zero-order chi connectivity index (χ0) is 16.1. The predicted octanol–water partition coefficient (Wildman–Crippen LogP) is 3.55. The summed E-state index contributed by atoms with van der Waals surface area (Å²) in [7, 11) is 0. The Hall–Kier alpha value is -2.47. The molecule has 2 aromatic rings. The lowest BCUT2D eigenvalue weighted by molar-refractivity contribution is 0.474. The van der Waals surface area contributed by atoms with Crippen LogP contribution in [0, 0.1) is 12.7 Å². The Kier molecular flexibility index (Phi) is 5.06. The highest BCUT2D eigenvalue weighted by Gasteiger charge is 2.06. The van der Waals surface area contributed by atoms with E-state index in [1.807, 2.05) is 19.1 Å². The smallest absolute Gasteiger partial charge is 0.191 e. The fraction of sp³-hybridized carbons (Fsp3) is 0.125. The molecule has 4 nitrogen and oxygen atoms in total. The van der Waals surface area contributed by atoms with E-state index in [1.165, 1.54) is 6.07 Å². The molecule has 0 unspecified atom stereocenters. The molecule has 2 rings (SSSR count). The van der Waals surface area contributed by atoms with Gasteiger partial charge < -0.3 is 10.4 Å². The third-order valence-electron chi connectivity index (χ3n) is 2.99. The second-order valence-corrected chi connectivity index (χ2v) is 5.17. The molecule has 0 saturated heterocycles. The molecule has 0 atom stereocenters. The molecule has 0 aliphatic carbocycles. The summed E-state index contributed by atoms with van der Waals surface area (Å²) in [5.74, 6) is -0.259. The number of nitrogens with one attached hydrogen (secondary N) is 2. The molecule has 0 radical (unpaired) electrons. The summed E-state index contributed by atoms with van der Waals surface area (Å²) in [5, 5.41) is 16.8. The molecule has 0 aliphatic heterocycles. The van der Waals surface area contributed by atoms with Crippen molar-refractivity contribution < 1.29 is 9.50 Å². The number of para-hydroxylation sites is 1. The second-order valence-electron chi connectivity index (χ2n) is 4.76. The number of phenolic OH excluding ortho intramolecular Hbond substituents is 1. The van der Waals surface area contributed by atoms with Crippen LogP contribution in [-0.2, 0) is 0 Å². The maximum Gasteiger partial charge on any atom is 0.191 e. The SMILES string of the molecule is C/C(=N\NC(=S)Nc1ccccc1F)c1cc(C)ccc1O. The van der Waals surface area contributed by atoms with Gasteiger partial charge in [-0.3, -0.25) is 5.43 Å². The highest BCUT2D eigenvalue weighted by Crippen LogP contribution is 2.19. The number of hydrogen-bond donors (Lipinski definition) is 3. The Labute approximate surface area is 133 Å². The average molecular weight is 317 g/mol. The largest absolute Gasteiger partial charge is 0.507 e. The van der Waals surface area contributed by atoms with E-state index in [0.29, 0.717) is 11.3 Å². The predicted molar refractivity (Wildman–Crippen MR) is 90.8 cm³/mol. The number of hydrogen-bond acceptors (Lipinski definition) is 3. The van der Waals surface area contributed by atoms with Crippen LogP contribution in [0.5, 0.6) is 5.75 Å². The third kappa shape index (κ3) is 4.02. The number of benzene rings is 2. The molecule has 0 amide bonds. The molecule has 6 heteroatoms. The zero-order valence-electron chi connectivity index (χ0n) is 12.2. The van der Waals surface area contributed by atoms with Crippen LogP contribution in [0.25, 0.3) is 0 Å². The van der Waals surface area contributed by atoms with Crippen LogP contribution < -0.4 is 10.7 Å². The van der Waals surface area contributed by atoms with Gasteiger partial charge >= 0.3 is 0 Å². The van der Waals surface area contributed by atoms with Gasteiger partial charge in [0.25, 0.3) is 0 Å². The quantitative estimate of drug-likeness (QED) is 0.460. The molecular formula is C16H16FN3OS. The van der Waals surface area contributed by atoms with E-state index >= 15 is 0 Å². The second kappa shape index (κ2) is 7.00. The lowest BCUT2D eigenvalue weighted by Crippen LogP contribution is -2.25. The Balaban J connectivity index is 2.06. The standard InChI is InChI=1S/C16H16FN3OS/c1-10-7-8-15(21)12(9-10)11(2)19-20-16(22)18-14-6-4-3-5-13(14)17/h3-9,21H,1-2H3,(H2,18,20,22)/b19-11+. The summed E-state index contributed by atoms with van der Waals surface area (Å²) in [6.07, 6.45) is 0. The number of rotatable bonds is 3. The van der Waals surface area contributed by atoms with Crippen LogP contribution in [0.1, 0.15) is 18.1 Å². The maximum absolute atomic E-state index is 13.5. The molecule has 0 heterocycles. The molecule has 22 heavy (non-hydrogen) atoms. The number of halogens is 1. The molecule has 0 aliphatic rings. The molecule has 0 bridgehead atoms. The van der Waals surface area contributed by atoms with E-state index in [0.717, 1.165) is 5.56 Å². The number of thiocarbonyl (C=S) groups is 1. The molecular weight excluding hydrogens is 301 g/mol. The Morgan fingerprint density at radius 2 is 1.95 bits per heavy atom. The topological polar surface area (TPSA) is 56.7 Å². The van der Waals surface area contributed by atoms with Crippen molar-refractivity contribution in [2.75, 3.05) is 5.32 Å². The van der Waals surface area contributed by atoms with E-state index < -0.39 is 5.82 Å². The minimum absolute atomic E-state index is 0.140. The van der Waals surface area contributed by atoms with Crippen molar-refractivity contribution in [3.05, 3.63) is 59.4 Å². The molecule has 0 fully saturated rings. The highest BCUT2D eigenvalue weighted by atomic mass is 32.1. The van der Waals surface area contributed by atoms with Crippen molar-refractivity contribution in [3.8, 4) is 5.75 Å². The van der Waals surface area contributed by atoms with Gasteiger partial charge in [-0.2, -0.15) is 5.10 Å². The summed E-state index contributed by atoms with van der Waals surface area (Å²) >= 11 is 5.06. The van der Waals surface area contributed by atoms with Crippen LogP contribution >= 0.6 is 12.2 Å². The van der Waals surface area contributed by atoms with E-state index in [-0.39, 0.29) is 16.5 Å². The fourth-order valence-electron chi connectivity index (χ4n) is 1.85. The third-order valence-corrected chi connectivity index (χ3v) is 3.18. The van der Waals surface area contributed by atoms with Gasteiger partial charge in [-0.15, -0.1) is 0 Å². The van der Waals surface area contributed by atoms with Crippen molar-refractivity contribution in [1.29, 1.82) is 0 Å². The van der Waals surface area contributed by atoms with Crippen molar-refractivity contribution in [1.82, 2.24) is 5.43 Å². The van der Waals surface area contributed by atoms with Gasteiger partial charge in [0, 0.05) is 5.56 Å². The monoisotopic (exact) mass is 317 g/mol. The van der Waals surface area contributed by atoms with Crippen molar-refractivity contribution in [3.63, 3.8) is 0 Å². The first-order valence-corrected chi connectivity index (χ1v) is 7.04. The normalized spacial score (nSPS) is 11.1. The number of aryl methyl sites for hydroxylation is 1. The van der Waals surface area contributed by atoms with Crippen LogP contribution in [0.3, 0.4) is 0 Å². The van der Waals surface area contributed by atoms with E-state index in [9.17, 15) is 9.50 Å². The lowest BCUT2D eigenvalue weighted by atomic mass is 10.1. The van der Waals surface area contributed by atoms with E-state index in [2.05, 4.69) is 15.8 Å². The number of anilines is 1. The van der Waals surface area contributed by atoms with Crippen LogP contribution in [0.15, 0.2) is 47.6 Å². The van der Waals surface area contributed by atoms with Gasteiger partial charge in [0.15, 0.2) is 5.11 Å². The number of aromatic hydroxyl groups is 1. The molecule has 0 aromatic heterocycles. The minimum Gasteiger partial charge on any atom is -0.507 e. The fourth-order valence-corrected chi connectivity index (χ4v) is 2.00. The van der Waals surface area contributed by atoms with E-state index in [1.54, 1.807) is 31.2 Å². The Morgan fingerprint density at radius 1 is 1.23 bits per heavy atom. The first kappa shape index (κ1) is 15.9. The first-order chi connectivity index (χ1) is 10.5. The molecule has 114 valence electrons. The van der Waals surface area contributed by atoms with Crippen LogP contribution in [0.2, 0.25) is 0 Å². The van der Waals surface area contributed by atoms with Gasteiger partial charge in [-0.05, 0) is 50.3 Å². The Bertz CT molecular complexity index is 731. The summed E-state index contributed by atoms with van der Waals surface area (Å²) < 4.78 is 13.5. The van der Waals surface area contributed by atoms with Gasteiger partial charge in [0.1, 0.15) is 11.6 Å². The molecule has 0 saturated carbocycles. The zero-order valence-corrected chi connectivity index (χ0v) is 13.0. The van der Waals surface area contributed by atoms with E-state index in [4.69, 9.17) is 12.2 Å². The number of nitrogens with zero attached hydrogens (tertiary/aromatic N) is 1. The number of hydrazone groups is 1. The molecule has 0 spiro atoms. The number of phenols is 1. The van der Waals surface area contributed by atoms with Crippen molar-refractivity contribution >= 4 is 28.7 Å².